The van der Waals surface area contributed by atoms with Gasteiger partial charge in [0.25, 0.3) is 5.91 Å². The summed E-state index contributed by atoms with van der Waals surface area (Å²) in [5.41, 5.74) is 1.92. The summed E-state index contributed by atoms with van der Waals surface area (Å²) in [4.78, 5) is 24.2. The molecule has 28 heavy (non-hydrogen) atoms. The van der Waals surface area contributed by atoms with Gasteiger partial charge in [-0.3, -0.25) is 9.59 Å². The van der Waals surface area contributed by atoms with E-state index in [1.807, 2.05) is 24.3 Å². The van der Waals surface area contributed by atoms with Crippen molar-refractivity contribution in [3.63, 3.8) is 0 Å². The molecule has 0 heterocycles. The maximum atomic E-state index is 12.2. The van der Waals surface area contributed by atoms with Crippen LogP contribution in [0.25, 0.3) is 0 Å². The molecule has 6 heteroatoms. The summed E-state index contributed by atoms with van der Waals surface area (Å²) in [6, 6.07) is 16.2. The molecule has 0 atom stereocenters. The van der Waals surface area contributed by atoms with Crippen LogP contribution in [0.1, 0.15) is 55.8 Å². The van der Waals surface area contributed by atoms with Gasteiger partial charge in [0.2, 0.25) is 5.91 Å². The Kier molecular flexibility index (Phi) is 9.15. The van der Waals surface area contributed by atoms with E-state index in [0.29, 0.717) is 23.4 Å². The molecule has 5 nitrogen and oxygen atoms in total. The molecule has 0 aliphatic carbocycles. The number of amides is 2. The lowest BCUT2D eigenvalue weighted by Gasteiger charge is -2.11. The summed E-state index contributed by atoms with van der Waals surface area (Å²) in [6.45, 7) is 2.17. The first-order chi connectivity index (χ1) is 13.6. The number of anilines is 2. The molecule has 0 aromatic heterocycles. The first-order valence-corrected chi connectivity index (χ1v) is 10.1. The van der Waals surface area contributed by atoms with E-state index < -0.39 is 0 Å². The second kappa shape index (κ2) is 11.9. The van der Waals surface area contributed by atoms with Crippen LogP contribution in [0.15, 0.2) is 54.6 Å². The van der Waals surface area contributed by atoms with Crippen molar-refractivity contribution in [3.8, 4) is 0 Å². The monoisotopic (exact) mass is 397 g/mol. The van der Waals surface area contributed by atoms with Crippen LogP contribution in [0.5, 0.6) is 0 Å². The Hall–Kier alpha value is -2.73. The highest BCUT2D eigenvalue weighted by atomic mass is 32.1. The fourth-order valence-corrected chi connectivity index (χ4v) is 2.94. The molecule has 2 amide bonds. The number of nitrogens with one attached hydrogen (secondary N) is 3. The summed E-state index contributed by atoms with van der Waals surface area (Å²) in [7, 11) is 0. The van der Waals surface area contributed by atoms with Crippen LogP contribution in [0, 0.1) is 0 Å². The second-order valence-electron chi connectivity index (χ2n) is 6.57. The number of rotatable bonds is 9. The van der Waals surface area contributed by atoms with Crippen molar-refractivity contribution >= 4 is 40.5 Å². The van der Waals surface area contributed by atoms with Gasteiger partial charge in [-0.1, -0.05) is 56.9 Å². The molecule has 0 saturated heterocycles. The molecule has 148 valence electrons. The molecule has 0 spiro atoms. The number of benzene rings is 2. The Morgan fingerprint density at radius 1 is 0.857 bits per heavy atom. The van der Waals surface area contributed by atoms with E-state index in [-0.39, 0.29) is 16.9 Å². The smallest absolute Gasteiger partial charge is 0.255 e. The third kappa shape index (κ3) is 7.88. The Labute approximate surface area is 171 Å². The molecular formula is C22H27N3O2S. The van der Waals surface area contributed by atoms with E-state index in [1.165, 1.54) is 12.8 Å². The van der Waals surface area contributed by atoms with Crippen LogP contribution in [0.4, 0.5) is 11.4 Å². The molecule has 0 radical (unpaired) electrons. The van der Waals surface area contributed by atoms with Gasteiger partial charge < -0.3 is 16.0 Å². The van der Waals surface area contributed by atoms with Gasteiger partial charge in [-0.05, 0) is 49.0 Å². The number of carbonyl (C=O) groups excluding carboxylic acids is 2. The molecule has 2 rings (SSSR count). The number of carbonyl (C=O) groups is 2. The fourth-order valence-electron chi connectivity index (χ4n) is 2.71. The fraction of sp³-hybridized carbons (Fsp3) is 0.318. The zero-order valence-electron chi connectivity index (χ0n) is 16.2. The highest BCUT2D eigenvalue weighted by molar-refractivity contribution is 7.80. The van der Waals surface area contributed by atoms with Crippen LogP contribution in [-0.4, -0.2) is 16.9 Å². The quantitative estimate of drug-likeness (QED) is 0.406. The predicted molar refractivity (Wildman–Crippen MR) is 119 cm³/mol. The summed E-state index contributed by atoms with van der Waals surface area (Å²) in [6.07, 6.45) is 5.95. The van der Waals surface area contributed by atoms with Gasteiger partial charge in [0.15, 0.2) is 5.11 Å². The molecule has 0 unspecified atom stereocenters. The van der Waals surface area contributed by atoms with E-state index in [9.17, 15) is 9.59 Å². The van der Waals surface area contributed by atoms with Crippen molar-refractivity contribution in [3.05, 3.63) is 60.2 Å². The SMILES string of the molecule is CCCCCCCC(=O)NC(=S)Nc1cccc(NC(=O)c2ccccc2)c1. The highest BCUT2D eigenvalue weighted by Crippen LogP contribution is 2.16. The Balaban J connectivity index is 1.80. The molecule has 2 aromatic carbocycles. The van der Waals surface area contributed by atoms with Crippen molar-refractivity contribution in [2.45, 2.75) is 45.4 Å². The van der Waals surface area contributed by atoms with Crippen LogP contribution >= 0.6 is 12.2 Å². The van der Waals surface area contributed by atoms with Crippen LogP contribution < -0.4 is 16.0 Å². The third-order valence-electron chi connectivity index (χ3n) is 4.17. The van der Waals surface area contributed by atoms with Gasteiger partial charge >= 0.3 is 0 Å². The third-order valence-corrected chi connectivity index (χ3v) is 4.38. The lowest BCUT2D eigenvalue weighted by atomic mass is 10.1. The van der Waals surface area contributed by atoms with E-state index in [1.54, 1.807) is 30.3 Å². The average Bonchev–Trinajstić information content (AvgIpc) is 2.68. The largest absolute Gasteiger partial charge is 0.332 e. The van der Waals surface area contributed by atoms with Crippen molar-refractivity contribution in [2.75, 3.05) is 10.6 Å². The van der Waals surface area contributed by atoms with E-state index in [2.05, 4.69) is 22.9 Å². The van der Waals surface area contributed by atoms with Crippen molar-refractivity contribution < 1.29 is 9.59 Å². The molecule has 0 aliphatic heterocycles. The number of hydrogen-bond acceptors (Lipinski definition) is 3. The Morgan fingerprint density at radius 2 is 1.54 bits per heavy atom. The van der Waals surface area contributed by atoms with Crippen molar-refractivity contribution in [1.29, 1.82) is 0 Å². The first-order valence-electron chi connectivity index (χ1n) is 9.66. The van der Waals surface area contributed by atoms with E-state index in [4.69, 9.17) is 12.2 Å². The predicted octanol–water partition coefficient (Wildman–Crippen LogP) is 5.11. The Bertz CT molecular complexity index is 793. The first kappa shape index (κ1) is 21.6. The minimum Gasteiger partial charge on any atom is -0.332 e. The number of unbranched alkanes of at least 4 members (excludes halogenated alkanes) is 4. The molecule has 0 bridgehead atoms. The topological polar surface area (TPSA) is 70.2 Å². The molecule has 2 aromatic rings. The zero-order chi connectivity index (χ0) is 20.2. The standard InChI is InChI=1S/C22H27N3O2S/c1-2-3-4-5-9-15-20(26)25-22(28)24-19-14-10-13-18(16-19)23-21(27)17-11-7-6-8-12-17/h6-8,10-14,16H,2-5,9,15H2,1H3,(H,23,27)(H2,24,25,26,28). The minimum atomic E-state index is -0.184. The van der Waals surface area contributed by atoms with Gasteiger partial charge in [-0.15, -0.1) is 0 Å². The summed E-state index contributed by atoms with van der Waals surface area (Å²) in [5.74, 6) is -0.265. The van der Waals surface area contributed by atoms with Crippen LogP contribution in [0.2, 0.25) is 0 Å². The summed E-state index contributed by atoms with van der Waals surface area (Å²) >= 11 is 5.21. The van der Waals surface area contributed by atoms with E-state index >= 15 is 0 Å². The van der Waals surface area contributed by atoms with Gasteiger partial charge in [0, 0.05) is 23.4 Å². The lowest BCUT2D eigenvalue weighted by molar-refractivity contribution is -0.119. The second-order valence-corrected chi connectivity index (χ2v) is 6.98. The maximum Gasteiger partial charge on any atom is 0.255 e. The van der Waals surface area contributed by atoms with E-state index in [0.717, 1.165) is 19.3 Å². The Morgan fingerprint density at radius 3 is 2.25 bits per heavy atom. The minimum absolute atomic E-state index is 0.0810. The van der Waals surface area contributed by atoms with Gasteiger partial charge in [0.1, 0.15) is 0 Å². The maximum absolute atomic E-state index is 12.2. The summed E-state index contributed by atoms with van der Waals surface area (Å²) < 4.78 is 0. The van der Waals surface area contributed by atoms with Crippen LogP contribution in [-0.2, 0) is 4.79 Å². The molecule has 3 N–H and O–H groups in total. The highest BCUT2D eigenvalue weighted by Gasteiger charge is 2.07. The average molecular weight is 398 g/mol. The van der Waals surface area contributed by atoms with Crippen molar-refractivity contribution in [1.82, 2.24) is 5.32 Å². The van der Waals surface area contributed by atoms with Gasteiger partial charge in [0.05, 0.1) is 0 Å². The number of thiocarbonyl (C=S) groups is 1. The number of hydrogen-bond donors (Lipinski definition) is 3. The summed E-state index contributed by atoms with van der Waals surface area (Å²) in [5, 5.41) is 8.79. The molecule has 0 aliphatic rings. The zero-order valence-corrected chi connectivity index (χ0v) is 17.0. The molecule has 0 fully saturated rings. The van der Waals surface area contributed by atoms with Gasteiger partial charge in [-0.25, -0.2) is 0 Å². The molecular weight excluding hydrogens is 370 g/mol. The van der Waals surface area contributed by atoms with Crippen molar-refractivity contribution in [2.24, 2.45) is 0 Å². The molecule has 0 saturated carbocycles. The normalized spacial score (nSPS) is 10.2. The van der Waals surface area contributed by atoms with Crippen LogP contribution in [0.3, 0.4) is 0 Å². The van der Waals surface area contributed by atoms with Gasteiger partial charge in [-0.2, -0.15) is 0 Å². The lowest BCUT2D eigenvalue weighted by Crippen LogP contribution is -2.33.